The van der Waals surface area contributed by atoms with Gasteiger partial charge in [0.05, 0.1) is 0 Å². The van der Waals surface area contributed by atoms with Crippen molar-refractivity contribution in [1.82, 2.24) is 4.90 Å². The minimum Gasteiger partial charge on any atom is -0.326 e. The highest BCUT2D eigenvalue weighted by molar-refractivity contribution is 4.98. The highest BCUT2D eigenvalue weighted by Crippen LogP contribution is 2.44. The maximum absolute atomic E-state index is 5.89. The largest absolute Gasteiger partial charge is 0.326 e. The lowest BCUT2D eigenvalue weighted by atomic mass is 9.66. The van der Waals surface area contributed by atoms with Crippen LogP contribution in [0.25, 0.3) is 0 Å². The first-order valence-corrected chi connectivity index (χ1v) is 5.09. The zero-order valence-corrected chi connectivity index (χ0v) is 8.21. The molecule has 70 valence electrons. The van der Waals surface area contributed by atoms with E-state index in [9.17, 15) is 0 Å². The predicted octanol–water partition coefficient (Wildman–Crippen LogP) is 1.21. The molecule has 0 bridgehead atoms. The van der Waals surface area contributed by atoms with Crippen LogP contribution in [0.5, 0.6) is 0 Å². The quantitative estimate of drug-likeness (QED) is 0.637. The second kappa shape index (κ2) is 2.71. The molecule has 0 aromatic rings. The normalized spacial score (nSPS) is 41.2. The average molecular weight is 168 g/mol. The van der Waals surface area contributed by atoms with Gasteiger partial charge in [-0.15, -0.1) is 0 Å². The van der Waals surface area contributed by atoms with Crippen molar-refractivity contribution in [1.29, 1.82) is 0 Å². The van der Waals surface area contributed by atoms with Crippen LogP contribution in [0.1, 0.15) is 33.1 Å². The van der Waals surface area contributed by atoms with Gasteiger partial charge in [-0.3, -0.25) is 4.90 Å². The third-order valence-corrected chi connectivity index (χ3v) is 3.66. The molecule has 0 amide bonds. The molecule has 1 saturated carbocycles. The van der Waals surface area contributed by atoms with E-state index in [0.717, 1.165) is 12.6 Å². The summed E-state index contributed by atoms with van der Waals surface area (Å²) in [5.41, 5.74) is 6.45. The summed E-state index contributed by atoms with van der Waals surface area (Å²) in [6, 6.07) is 1.27. The van der Waals surface area contributed by atoms with E-state index >= 15 is 0 Å². The van der Waals surface area contributed by atoms with Crippen molar-refractivity contribution >= 4 is 0 Å². The number of nitrogens with zero attached hydrogens (tertiary/aromatic N) is 1. The van der Waals surface area contributed by atoms with E-state index in [4.69, 9.17) is 5.73 Å². The maximum Gasteiger partial charge on any atom is 0.0180 e. The highest BCUT2D eigenvalue weighted by atomic mass is 15.2. The van der Waals surface area contributed by atoms with Crippen LogP contribution in [0, 0.1) is 5.41 Å². The smallest absolute Gasteiger partial charge is 0.0180 e. The molecule has 2 aliphatic rings. The van der Waals surface area contributed by atoms with Crippen LogP contribution in [0.3, 0.4) is 0 Å². The molecule has 2 N–H and O–H groups in total. The Kier molecular flexibility index (Phi) is 1.92. The van der Waals surface area contributed by atoms with Crippen LogP contribution in [0.4, 0.5) is 0 Å². The number of hydrogen-bond donors (Lipinski definition) is 1. The molecule has 1 heterocycles. The first-order valence-electron chi connectivity index (χ1n) is 5.09. The molecule has 2 rings (SSSR count). The van der Waals surface area contributed by atoms with Crippen LogP contribution < -0.4 is 5.73 Å². The van der Waals surface area contributed by atoms with Crippen LogP contribution in [-0.2, 0) is 0 Å². The highest BCUT2D eigenvalue weighted by Gasteiger charge is 2.43. The van der Waals surface area contributed by atoms with Crippen molar-refractivity contribution in [2.24, 2.45) is 11.1 Å². The Morgan fingerprint density at radius 2 is 2.08 bits per heavy atom. The fourth-order valence-electron chi connectivity index (χ4n) is 2.63. The Morgan fingerprint density at radius 1 is 1.33 bits per heavy atom. The summed E-state index contributed by atoms with van der Waals surface area (Å²) in [5, 5.41) is 0. The Balaban J connectivity index is 1.93. The fourth-order valence-corrected chi connectivity index (χ4v) is 2.63. The molecule has 12 heavy (non-hydrogen) atoms. The average Bonchev–Trinajstić information content (AvgIpc) is 2.34. The molecule has 0 aromatic carbocycles. The van der Waals surface area contributed by atoms with Gasteiger partial charge in [-0.05, 0) is 24.7 Å². The van der Waals surface area contributed by atoms with E-state index in [-0.39, 0.29) is 0 Å². The van der Waals surface area contributed by atoms with Crippen molar-refractivity contribution in [3.63, 3.8) is 0 Å². The standard InChI is InChI=1S/C10H20N2/c1-10(2)5-3-9(10)12-6-4-8(11)7-12/h8-9H,3-7,11H2,1-2H3. The molecule has 2 unspecified atom stereocenters. The second-order valence-corrected chi connectivity index (χ2v) is 5.09. The molecule has 2 fully saturated rings. The van der Waals surface area contributed by atoms with Crippen molar-refractivity contribution in [3.8, 4) is 0 Å². The molecule has 1 saturated heterocycles. The third kappa shape index (κ3) is 1.27. The van der Waals surface area contributed by atoms with E-state index in [0.29, 0.717) is 11.5 Å². The lowest BCUT2D eigenvalue weighted by Gasteiger charge is -2.49. The maximum atomic E-state index is 5.89. The summed E-state index contributed by atoms with van der Waals surface area (Å²) in [6.45, 7) is 7.12. The summed E-state index contributed by atoms with van der Waals surface area (Å²) in [5.74, 6) is 0. The van der Waals surface area contributed by atoms with Gasteiger partial charge < -0.3 is 5.73 Å². The van der Waals surface area contributed by atoms with E-state index in [2.05, 4.69) is 18.7 Å². The second-order valence-electron chi connectivity index (χ2n) is 5.09. The summed E-state index contributed by atoms with van der Waals surface area (Å²) < 4.78 is 0. The number of rotatable bonds is 1. The molecule has 1 aliphatic carbocycles. The number of hydrogen-bond acceptors (Lipinski definition) is 2. The summed E-state index contributed by atoms with van der Waals surface area (Å²) in [4.78, 5) is 2.59. The van der Waals surface area contributed by atoms with E-state index in [1.807, 2.05) is 0 Å². The minimum atomic E-state index is 0.446. The molecule has 2 nitrogen and oxygen atoms in total. The molecule has 2 atom stereocenters. The SMILES string of the molecule is CC1(C)CCC1N1CCC(N)C1. The molecule has 0 spiro atoms. The summed E-state index contributed by atoms with van der Waals surface area (Å²) >= 11 is 0. The van der Waals surface area contributed by atoms with Gasteiger partial charge in [-0.2, -0.15) is 0 Å². The first-order chi connectivity index (χ1) is 5.59. The Labute approximate surface area is 75.1 Å². The zero-order chi connectivity index (χ0) is 8.77. The van der Waals surface area contributed by atoms with Gasteiger partial charge in [0.25, 0.3) is 0 Å². The molecule has 1 aliphatic heterocycles. The van der Waals surface area contributed by atoms with Gasteiger partial charge in [0.1, 0.15) is 0 Å². The van der Waals surface area contributed by atoms with Crippen molar-refractivity contribution in [2.75, 3.05) is 13.1 Å². The van der Waals surface area contributed by atoms with Crippen LogP contribution in [0.2, 0.25) is 0 Å². The lowest BCUT2D eigenvalue weighted by Crippen LogP contribution is -2.51. The molecule has 0 aromatic heterocycles. The van der Waals surface area contributed by atoms with Gasteiger partial charge in [0, 0.05) is 25.2 Å². The van der Waals surface area contributed by atoms with Gasteiger partial charge >= 0.3 is 0 Å². The Morgan fingerprint density at radius 3 is 2.42 bits per heavy atom. The summed E-state index contributed by atoms with van der Waals surface area (Å²) in [7, 11) is 0. The van der Waals surface area contributed by atoms with E-state index < -0.39 is 0 Å². The molecular formula is C10H20N2. The minimum absolute atomic E-state index is 0.446. The van der Waals surface area contributed by atoms with Crippen molar-refractivity contribution in [2.45, 2.75) is 45.2 Å². The van der Waals surface area contributed by atoms with Gasteiger partial charge in [0.15, 0.2) is 0 Å². The molecule has 0 radical (unpaired) electrons. The lowest BCUT2D eigenvalue weighted by molar-refractivity contribution is 0.0139. The number of nitrogens with two attached hydrogens (primary N) is 1. The van der Waals surface area contributed by atoms with Gasteiger partial charge in [-0.1, -0.05) is 13.8 Å². The Hall–Kier alpha value is -0.0800. The van der Waals surface area contributed by atoms with Gasteiger partial charge in [0.2, 0.25) is 0 Å². The summed E-state index contributed by atoms with van der Waals surface area (Å²) in [6.07, 6.45) is 3.98. The van der Waals surface area contributed by atoms with E-state index in [1.165, 1.54) is 25.8 Å². The third-order valence-electron chi connectivity index (χ3n) is 3.66. The zero-order valence-electron chi connectivity index (χ0n) is 8.21. The molecule has 2 heteroatoms. The monoisotopic (exact) mass is 168 g/mol. The first kappa shape index (κ1) is 8.52. The fraction of sp³-hybridized carbons (Fsp3) is 1.00. The number of likely N-dealkylation sites (tertiary alicyclic amines) is 1. The Bertz CT molecular complexity index is 177. The van der Waals surface area contributed by atoms with E-state index in [1.54, 1.807) is 0 Å². The van der Waals surface area contributed by atoms with Crippen molar-refractivity contribution < 1.29 is 0 Å². The van der Waals surface area contributed by atoms with Crippen LogP contribution in [0.15, 0.2) is 0 Å². The van der Waals surface area contributed by atoms with Crippen LogP contribution in [-0.4, -0.2) is 30.1 Å². The van der Waals surface area contributed by atoms with Crippen LogP contribution >= 0.6 is 0 Å². The van der Waals surface area contributed by atoms with Gasteiger partial charge in [-0.25, -0.2) is 0 Å². The topological polar surface area (TPSA) is 29.3 Å². The molecular weight excluding hydrogens is 148 g/mol. The van der Waals surface area contributed by atoms with Crippen molar-refractivity contribution in [3.05, 3.63) is 0 Å². The predicted molar refractivity (Wildman–Crippen MR) is 51.0 cm³/mol.